The monoisotopic (exact) mass is 261 g/mol. The van der Waals surface area contributed by atoms with Crippen molar-refractivity contribution < 1.29 is 4.39 Å². The van der Waals surface area contributed by atoms with Gasteiger partial charge in [-0.05, 0) is 18.9 Å². The van der Waals surface area contributed by atoms with Crippen LogP contribution in [0.4, 0.5) is 10.2 Å². The number of anilines is 1. The minimum Gasteiger partial charge on any atom is -0.354 e. The standard InChI is InChI=1S/C13H16FN5/c14-10-4-9(6-16-7-10)12-5-13(18-17-12)19-3-1-2-11(15)8-19/h4-7,11H,1-3,8,15H2,(H,17,18). The molecule has 2 aromatic heterocycles. The van der Waals surface area contributed by atoms with E-state index in [0.717, 1.165) is 37.4 Å². The van der Waals surface area contributed by atoms with Crippen LogP contribution in [0, 0.1) is 5.82 Å². The molecule has 0 bridgehead atoms. The predicted octanol–water partition coefficient (Wildman–Crippen LogP) is 1.54. The second kappa shape index (κ2) is 4.97. The second-order valence-electron chi connectivity index (χ2n) is 4.88. The molecule has 1 saturated heterocycles. The third-order valence-electron chi connectivity index (χ3n) is 3.36. The predicted molar refractivity (Wildman–Crippen MR) is 71.2 cm³/mol. The first kappa shape index (κ1) is 12.1. The Morgan fingerprint density at radius 2 is 2.26 bits per heavy atom. The van der Waals surface area contributed by atoms with Gasteiger partial charge >= 0.3 is 0 Å². The normalized spacial score (nSPS) is 19.7. The average Bonchev–Trinajstić information content (AvgIpc) is 2.88. The molecule has 100 valence electrons. The molecule has 0 amide bonds. The summed E-state index contributed by atoms with van der Waals surface area (Å²) in [7, 11) is 0. The Morgan fingerprint density at radius 3 is 3.05 bits per heavy atom. The summed E-state index contributed by atoms with van der Waals surface area (Å²) < 4.78 is 13.1. The number of aromatic amines is 1. The van der Waals surface area contributed by atoms with Crippen LogP contribution < -0.4 is 10.6 Å². The maximum absolute atomic E-state index is 13.1. The number of nitrogens with two attached hydrogens (primary N) is 1. The van der Waals surface area contributed by atoms with E-state index in [0.29, 0.717) is 5.56 Å². The summed E-state index contributed by atoms with van der Waals surface area (Å²) in [5.41, 5.74) is 7.42. The third-order valence-corrected chi connectivity index (χ3v) is 3.36. The van der Waals surface area contributed by atoms with E-state index < -0.39 is 0 Å². The van der Waals surface area contributed by atoms with Crippen molar-refractivity contribution >= 4 is 5.82 Å². The van der Waals surface area contributed by atoms with Crippen LogP contribution >= 0.6 is 0 Å². The van der Waals surface area contributed by atoms with Gasteiger partial charge in [-0.25, -0.2) is 4.39 Å². The van der Waals surface area contributed by atoms with E-state index in [2.05, 4.69) is 20.1 Å². The molecule has 1 atom stereocenters. The molecule has 0 aliphatic carbocycles. The third kappa shape index (κ3) is 2.58. The fourth-order valence-electron chi connectivity index (χ4n) is 2.40. The lowest BCUT2D eigenvalue weighted by atomic mass is 10.1. The number of rotatable bonds is 2. The summed E-state index contributed by atoms with van der Waals surface area (Å²) in [4.78, 5) is 5.99. The van der Waals surface area contributed by atoms with Crippen molar-refractivity contribution in [3.05, 3.63) is 30.3 Å². The Balaban J connectivity index is 1.83. The Hall–Kier alpha value is -1.95. The van der Waals surface area contributed by atoms with Gasteiger partial charge in [-0.3, -0.25) is 10.1 Å². The Bertz CT molecular complexity index is 568. The lowest BCUT2D eigenvalue weighted by Crippen LogP contribution is -2.43. The van der Waals surface area contributed by atoms with Crippen LogP contribution in [0.15, 0.2) is 24.5 Å². The summed E-state index contributed by atoms with van der Waals surface area (Å²) in [6.45, 7) is 1.77. The molecular weight excluding hydrogens is 245 g/mol. The van der Waals surface area contributed by atoms with Gasteiger partial charge in [-0.1, -0.05) is 0 Å². The summed E-state index contributed by atoms with van der Waals surface area (Å²) in [6, 6.07) is 3.55. The molecule has 0 spiro atoms. The zero-order valence-corrected chi connectivity index (χ0v) is 10.5. The summed E-state index contributed by atoms with van der Waals surface area (Å²) in [5.74, 6) is 0.503. The van der Waals surface area contributed by atoms with Crippen molar-refractivity contribution in [3.8, 4) is 11.3 Å². The summed E-state index contributed by atoms with van der Waals surface area (Å²) in [5, 5.41) is 7.20. The number of hydrogen-bond donors (Lipinski definition) is 2. The number of H-pyrrole nitrogens is 1. The number of aromatic nitrogens is 3. The molecule has 3 N–H and O–H groups in total. The van der Waals surface area contributed by atoms with E-state index >= 15 is 0 Å². The van der Waals surface area contributed by atoms with E-state index in [1.807, 2.05) is 6.07 Å². The number of halogens is 1. The topological polar surface area (TPSA) is 70.8 Å². The molecule has 0 radical (unpaired) electrons. The highest BCUT2D eigenvalue weighted by Gasteiger charge is 2.19. The minimum absolute atomic E-state index is 0.199. The van der Waals surface area contributed by atoms with Crippen LogP contribution in [0.1, 0.15) is 12.8 Å². The molecule has 6 heteroatoms. The quantitative estimate of drug-likeness (QED) is 0.860. The van der Waals surface area contributed by atoms with Crippen molar-refractivity contribution in [2.45, 2.75) is 18.9 Å². The van der Waals surface area contributed by atoms with E-state index in [9.17, 15) is 4.39 Å². The second-order valence-corrected chi connectivity index (χ2v) is 4.88. The van der Waals surface area contributed by atoms with Crippen molar-refractivity contribution in [2.75, 3.05) is 18.0 Å². The molecule has 1 unspecified atom stereocenters. The first-order chi connectivity index (χ1) is 9.22. The molecule has 1 aliphatic heterocycles. The van der Waals surface area contributed by atoms with Gasteiger partial charge in [0.15, 0.2) is 5.82 Å². The minimum atomic E-state index is -0.353. The molecule has 3 rings (SSSR count). The van der Waals surface area contributed by atoms with Crippen LogP contribution in [0.5, 0.6) is 0 Å². The van der Waals surface area contributed by atoms with Crippen LogP contribution in [-0.2, 0) is 0 Å². The van der Waals surface area contributed by atoms with Crippen LogP contribution in [0.2, 0.25) is 0 Å². The lowest BCUT2D eigenvalue weighted by molar-refractivity contribution is 0.503. The van der Waals surface area contributed by atoms with Gasteiger partial charge in [0.25, 0.3) is 0 Å². The summed E-state index contributed by atoms with van der Waals surface area (Å²) in [6.07, 6.45) is 4.93. The zero-order chi connectivity index (χ0) is 13.2. The number of pyridine rings is 1. The Labute approximate surface area is 110 Å². The van der Waals surface area contributed by atoms with Gasteiger partial charge in [0.1, 0.15) is 5.82 Å². The first-order valence-electron chi connectivity index (χ1n) is 6.39. The van der Waals surface area contributed by atoms with Crippen molar-refractivity contribution in [2.24, 2.45) is 5.73 Å². The highest BCUT2D eigenvalue weighted by atomic mass is 19.1. The smallest absolute Gasteiger partial charge is 0.151 e. The van der Waals surface area contributed by atoms with E-state index in [4.69, 9.17) is 5.73 Å². The molecule has 5 nitrogen and oxygen atoms in total. The van der Waals surface area contributed by atoms with Gasteiger partial charge in [0, 0.05) is 37.0 Å². The maximum atomic E-state index is 13.1. The van der Waals surface area contributed by atoms with E-state index in [1.165, 1.54) is 12.3 Å². The first-order valence-corrected chi connectivity index (χ1v) is 6.39. The van der Waals surface area contributed by atoms with Crippen LogP contribution in [0.25, 0.3) is 11.3 Å². The highest BCUT2D eigenvalue weighted by Crippen LogP contribution is 2.23. The fourth-order valence-corrected chi connectivity index (χ4v) is 2.40. The average molecular weight is 261 g/mol. The SMILES string of the molecule is NC1CCCN(c2cc(-c3cncc(F)c3)[nH]n2)C1. The van der Waals surface area contributed by atoms with Gasteiger partial charge in [-0.15, -0.1) is 0 Å². The van der Waals surface area contributed by atoms with E-state index in [-0.39, 0.29) is 11.9 Å². The summed E-state index contributed by atoms with van der Waals surface area (Å²) >= 11 is 0. The Kier molecular flexibility index (Phi) is 3.16. The van der Waals surface area contributed by atoms with Gasteiger partial charge < -0.3 is 10.6 Å². The van der Waals surface area contributed by atoms with Crippen molar-refractivity contribution in [3.63, 3.8) is 0 Å². The molecule has 19 heavy (non-hydrogen) atoms. The number of piperidine rings is 1. The largest absolute Gasteiger partial charge is 0.354 e. The molecule has 1 aliphatic rings. The lowest BCUT2D eigenvalue weighted by Gasteiger charge is -2.30. The number of nitrogens with zero attached hydrogens (tertiary/aromatic N) is 3. The van der Waals surface area contributed by atoms with Gasteiger partial charge in [0.05, 0.1) is 11.9 Å². The molecule has 3 heterocycles. The molecule has 1 fully saturated rings. The number of nitrogens with one attached hydrogen (secondary N) is 1. The molecule has 0 aromatic carbocycles. The fraction of sp³-hybridized carbons (Fsp3) is 0.385. The molecule has 0 saturated carbocycles. The number of hydrogen-bond acceptors (Lipinski definition) is 4. The molecule has 2 aromatic rings. The van der Waals surface area contributed by atoms with Gasteiger partial charge in [-0.2, -0.15) is 5.10 Å². The van der Waals surface area contributed by atoms with E-state index in [1.54, 1.807) is 6.20 Å². The zero-order valence-electron chi connectivity index (χ0n) is 10.5. The Morgan fingerprint density at radius 1 is 1.37 bits per heavy atom. The van der Waals surface area contributed by atoms with Crippen molar-refractivity contribution in [1.29, 1.82) is 0 Å². The van der Waals surface area contributed by atoms with Crippen molar-refractivity contribution in [1.82, 2.24) is 15.2 Å². The highest BCUT2D eigenvalue weighted by molar-refractivity contribution is 5.62. The molecular formula is C13H16FN5. The van der Waals surface area contributed by atoms with Crippen LogP contribution in [0.3, 0.4) is 0 Å². The van der Waals surface area contributed by atoms with Crippen LogP contribution in [-0.4, -0.2) is 34.3 Å². The maximum Gasteiger partial charge on any atom is 0.151 e. The van der Waals surface area contributed by atoms with Gasteiger partial charge in [0.2, 0.25) is 0 Å².